The Morgan fingerprint density at radius 1 is 1.58 bits per heavy atom. The highest BCUT2D eigenvalue weighted by atomic mass is 32.1. The van der Waals surface area contributed by atoms with Gasteiger partial charge in [0.2, 0.25) is 0 Å². The van der Waals surface area contributed by atoms with Gasteiger partial charge in [-0.05, 0) is 43.0 Å². The number of carbonyl (C=O) groups is 1. The molecule has 5 heteroatoms. The molecular formula is C14H19NO3S. The van der Waals surface area contributed by atoms with Crippen LogP contribution in [0.15, 0.2) is 17.5 Å². The first-order valence-electron chi connectivity index (χ1n) is 6.41. The van der Waals surface area contributed by atoms with Crippen molar-refractivity contribution in [3.63, 3.8) is 0 Å². The summed E-state index contributed by atoms with van der Waals surface area (Å²) in [6.07, 6.45) is 4.99. The van der Waals surface area contributed by atoms with Crippen LogP contribution in [0.1, 0.15) is 23.3 Å². The van der Waals surface area contributed by atoms with Gasteiger partial charge in [0, 0.05) is 36.8 Å². The van der Waals surface area contributed by atoms with E-state index in [0.29, 0.717) is 6.04 Å². The molecule has 2 heterocycles. The molecule has 0 radical (unpaired) electrons. The molecule has 2 rings (SSSR count). The lowest BCUT2D eigenvalue weighted by Gasteiger charge is -2.30. The van der Waals surface area contributed by atoms with Gasteiger partial charge in [0.1, 0.15) is 0 Å². The van der Waals surface area contributed by atoms with Crippen molar-refractivity contribution < 1.29 is 14.6 Å². The predicted molar refractivity (Wildman–Crippen MR) is 76.3 cm³/mol. The molecule has 1 fully saturated rings. The van der Waals surface area contributed by atoms with Crippen LogP contribution in [0, 0.1) is 0 Å². The monoisotopic (exact) mass is 281 g/mol. The van der Waals surface area contributed by atoms with E-state index in [-0.39, 0.29) is 0 Å². The minimum absolute atomic E-state index is 0.592. The zero-order valence-electron chi connectivity index (χ0n) is 11.0. The number of thiophene rings is 1. The maximum absolute atomic E-state index is 10.5. The SMILES string of the molecule is CN(Cc1cc(C=CC(=O)O)cs1)C1CCOCC1. The van der Waals surface area contributed by atoms with Crippen LogP contribution in [0.5, 0.6) is 0 Å². The van der Waals surface area contributed by atoms with Crippen molar-refractivity contribution in [2.24, 2.45) is 0 Å². The summed E-state index contributed by atoms with van der Waals surface area (Å²) in [4.78, 5) is 14.1. The molecule has 1 saturated heterocycles. The van der Waals surface area contributed by atoms with E-state index >= 15 is 0 Å². The minimum Gasteiger partial charge on any atom is -0.478 e. The summed E-state index contributed by atoms with van der Waals surface area (Å²) in [6, 6.07) is 2.65. The molecule has 1 aromatic heterocycles. The number of aliphatic carboxylic acids is 1. The molecule has 0 bridgehead atoms. The van der Waals surface area contributed by atoms with E-state index in [9.17, 15) is 4.79 Å². The lowest BCUT2D eigenvalue weighted by molar-refractivity contribution is -0.131. The smallest absolute Gasteiger partial charge is 0.328 e. The third kappa shape index (κ3) is 4.45. The second-order valence-corrected chi connectivity index (χ2v) is 5.77. The average molecular weight is 281 g/mol. The number of nitrogens with zero attached hydrogens (tertiary/aromatic N) is 1. The van der Waals surface area contributed by atoms with Crippen molar-refractivity contribution in [3.05, 3.63) is 28.0 Å². The highest BCUT2D eigenvalue weighted by molar-refractivity contribution is 7.10. The molecule has 1 N–H and O–H groups in total. The van der Waals surface area contributed by atoms with Crippen LogP contribution in [-0.4, -0.2) is 42.3 Å². The minimum atomic E-state index is -0.910. The summed E-state index contributed by atoms with van der Waals surface area (Å²) in [6.45, 7) is 2.62. The van der Waals surface area contributed by atoms with Crippen LogP contribution in [0.3, 0.4) is 0 Å². The number of rotatable bonds is 5. The Balaban J connectivity index is 1.90. The summed E-state index contributed by atoms with van der Waals surface area (Å²) < 4.78 is 5.37. The van der Waals surface area contributed by atoms with E-state index in [1.54, 1.807) is 17.4 Å². The van der Waals surface area contributed by atoms with Crippen molar-refractivity contribution in [2.45, 2.75) is 25.4 Å². The first-order valence-corrected chi connectivity index (χ1v) is 7.29. The molecule has 0 saturated carbocycles. The third-order valence-corrected chi connectivity index (χ3v) is 4.25. The van der Waals surface area contributed by atoms with E-state index in [1.165, 1.54) is 11.0 Å². The maximum Gasteiger partial charge on any atom is 0.328 e. The average Bonchev–Trinajstić information content (AvgIpc) is 2.85. The molecular weight excluding hydrogens is 262 g/mol. The standard InChI is InChI=1S/C14H19NO3S/c1-15(12-4-6-18-7-5-12)9-13-8-11(10-19-13)2-3-14(16)17/h2-3,8,10,12H,4-7,9H2,1H3,(H,16,17). The Labute approximate surface area is 117 Å². The fourth-order valence-electron chi connectivity index (χ4n) is 2.24. The normalized spacial score (nSPS) is 17.4. The molecule has 1 aliphatic heterocycles. The van der Waals surface area contributed by atoms with Crippen LogP contribution in [0.25, 0.3) is 6.08 Å². The lowest BCUT2D eigenvalue weighted by atomic mass is 10.1. The second-order valence-electron chi connectivity index (χ2n) is 4.78. The highest BCUT2D eigenvalue weighted by Crippen LogP contribution is 2.21. The largest absolute Gasteiger partial charge is 0.478 e. The Hall–Kier alpha value is -1.17. The van der Waals surface area contributed by atoms with Crippen LogP contribution in [-0.2, 0) is 16.1 Å². The van der Waals surface area contributed by atoms with Crippen LogP contribution < -0.4 is 0 Å². The Morgan fingerprint density at radius 3 is 3.00 bits per heavy atom. The van der Waals surface area contributed by atoms with Gasteiger partial charge in [-0.2, -0.15) is 0 Å². The Bertz CT molecular complexity index is 449. The topological polar surface area (TPSA) is 49.8 Å². The van der Waals surface area contributed by atoms with Gasteiger partial charge in [0.15, 0.2) is 0 Å². The van der Waals surface area contributed by atoms with Gasteiger partial charge in [0.05, 0.1) is 0 Å². The fraction of sp³-hybridized carbons (Fsp3) is 0.500. The number of ether oxygens (including phenoxy) is 1. The highest BCUT2D eigenvalue weighted by Gasteiger charge is 2.18. The molecule has 4 nitrogen and oxygen atoms in total. The van der Waals surface area contributed by atoms with Gasteiger partial charge < -0.3 is 9.84 Å². The molecule has 1 aliphatic rings. The van der Waals surface area contributed by atoms with Crippen molar-refractivity contribution in [3.8, 4) is 0 Å². The maximum atomic E-state index is 10.5. The van der Waals surface area contributed by atoms with Crippen LogP contribution in [0.2, 0.25) is 0 Å². The summed E-state index contributed by atoms with van der Waals surface area (Å²) in [5, 5.41) is 10.6. The molecule has 0 aromatic carbocycles. The summed E-state index contributed by atoms with van der Waals surface area (Å²) in [7, 11) is 2.14. The molecule has 0 amide bonds. The van der Waals surface area contributed by atoms with E-state index < -0.39 is 5.97 Å². The summed E-state index contributed by atoms with van der Waals surface area (Å²) >= 11 is 1.68. The first-order chi connectivity index (χ1) is 9.15. The van der Waals surface area contributed by atoms with E-state index in [0.717, 1.165) is 38.2 Å². The number of hydrogen-bond donors (Lipinski definition) is 1. The van der Waals surface area contributed by atoms with E-state index in [2.05, 4.69) is 18.0 Å². The number of carboxylic acids is 1. The predicted octanol–water partition coefficient (Wildman–Crippen LogP) is 2.46. The molecule has 0 spiro atoms. The number of carboxylic acid groups (broad SMARTS) is 1. The van der Waals surface area contributed by atoms with Gasteiger partial charge in [-0.25, -0.2) is 4.79 Å². The van der Waals surface area contributed by atoms with Gasteiger partial charge in [-0.15, -0.1) is 11.3 Å². The summed E-state index contributed by atoms with van der Waals surface area (Å²) in [5.41, 5.74) is 0.961. The van der Waals surface area contributed by atoms with Crippen molar-refractivity contribution in [1.29, 1.82) is 0 Å². The molecule has 19 heavy (non-hydrogen) atoms. The van der Waals surface area contributed by atoms with Crippen LogP contribution in [0.4, 0.5) is 0 Å². The van der Waals surface area contributed by atoms with Crippen molar-refractivity contribution in [1.82, 2.24) is 4.90 Å². The lowest BCUT2D eigenvalue weighted by Crippen LogP contribution is -2.35. The molecule has 0 aliphatic carbocycles. The third-order valence-electron chi connectivity index (χ3n) is 3.31. The van der Waals surface area contributed by atoms with Crippen molar-refractivity contribution >= 4 is 23.4 Å². The van der Waals surface area contributed by atoms with Crippen LogP contribution >= 0.6 is 11.3 Å². The van der Waals surface area contributed by atoms with Gasteiger partial charge in [-0.1, -0.05) is 0 Å². The molecule has 104 valence electrons. The van der Waals surface area contributed by atoms with Crippen molar-refractivity contribution in [2.75, 3.05) is 20.3 Å². The van der Waals surface area contributed by atoms with Gasteiger partial charge in [0.25, 0.3) is 0 Å². The zero-order valence-corrected chi connectivity index (χ0v) is 11.9. The molecule has 0 atom stereocenters. The van der Waals surface area contributed by atoms with Gasteiger partial charge in [-0.3, -0.25) is 4.90 Å². The second kappa shape index (κ2) is 6.84. The number of hydrogen-bond acceptors (Lipinski definition) is 4. The van der Waals surface area contributed by atoms with Gasteiger partial charge >= 0.3 is 5.97 Å². The Morgan fingerprint density at radius 2 is 2.32 bits per heavy atom. The first kappa shape index (κ1) is 14.2. The van der Waals surface area contributed by atoms with E-state index in [4.69, 9.17) is 9.84 Å². The van der Waals surface area contributed by atoms with E-state index in [1.807, 2.05) is 5.38 Å². The zero-order chi connectivity index (χ0) is 13.7. The quantitative estimate of drug-likeness (QED) is 0.842. The summed E-state index contributed by atoms with van der Waals surface area (Å²) in [5.74, 6) is -0.910. The Kier molecular flexibility index (Phi) is 5.13. The fourth-order valence-corrected chi connectivity index (χ4v) is 3.15. The molecule has 0 unspecified atom stereocenters. The molecule has 1 aromatic rings.